The fourth-order valence-corrected chi connectivity index (χ4v) is 8.77. The Kier molecular flexibility index (Phi) is 7.04. The van der Waals surface area contributed by atoms with Gasteiger partial charge in [-0.1, -0.05) is 98.2 Å². The molecule has 0 unspecified atom stereocenters. The molecule has 0 amide bonds. The Labute approximate surface area is 254 Å². The number of ketones is 2. The van der Waals surface area contributed by atoms with Crippen LogP contribution in [0.2, 0.25) is 39.3 Å². The summed E-state index contributed by atoms with van der Waals surface area (Å²) in [4.78, 5) is 29.9. The van der Waals surface area contributed by atoms with Gasteiger partial charge in [0.2, 0.25) is 0 Å². The number of Topliss-reactive ketones (excluding diaryl/α,β-unsaturated/α-hetero) is 2. The number of rotatable bonds is 6. The van der Waals surface area contributed by atoms with E-state index in [0.717, 1.165) is 32.0 Å². The van der Waals surface area contributed by atoms with E-state index in [9.17, 15) is 9.59 Å². The molecule has 1 aliphatic carbocycles. The highest BCUT2D eigenvalue weighted by Crippen LogP contribution is 2.40. The van der Waals surface area contributed by atoms with Gasteiger partial charge in [-0.25, -0.2) is 0 Å². The van der Waals surface area contributed by atoms with E-state index in [1.165, 1.54) is 10.4 Å². The molecule has 0 atom stereocenters. The molecule has 0 bridgehead atoms. The molecule has 0 saturated heterocycles. The van der Waals surface area contributed by atoms with Crippen LogP contribution in [0.1, 0.15) is 25.6 Å². The van der Waals surface area contributed by atoms with Crippen LogP contribution in [0.3, 0.4) is 0 Å². The number of carbonyl (C=O) groups is 2. The van der Waals surface area contributed by atoms with E-state index >= 15 is 0 Å². The quantitative estimate of drug-likeness (QED) is 0.111. The molecule has 0 radical (unpaired) electrons. The minimum atomic E-state index is -1.43. The van der Waals surface area contributed by atoms with Gasteiger partial charge in [0.25, 0.3) is 0 Å². The number of anilines is 3. The van der Waals surface area contributed by atoms with Crippen LogP contribution < -0.4 is 15.3 Å². The second-order valence-electron chi connectivity index (χ2n) is 13.1. The third kappa shape index (κ3) is 5.26. The summed E-state index contributed by atoms with van der Waals surface area (Å²) in [6.45, 7) is 14.2. The van der Waals surface area contributed by atoms with Gasteiger partial charge in [0.15, 0.2) is 11.6 Å². The number of hydrogen-bond acceptors (Lipinski definition) is 4. The van der Waals surface area contributed by atoms with Crippen LogP contribution >= 0.6 is 11.3 Å². The number of benzene rings is 4. The van der Waals surface area contributed by atoms with Crippen molar-refractivity contribution >= 4 is 82.6 Å². The number of thiophene rings is 1. The average Bonchev–Trinajstić information content (AvgIpc) is 3.50. The summed E-state index contributed by atoms with van der Waals surface area (Å²) in [6, 6.07) is 33.5. The third-order valence-corrected chi connectivity index (χ3v) is 13.1. The number of carbonyl (C=O) groups excluding carboxylic acids is 2. The summed E-state index contributed by atoms with van der Waals surface area (Å²) in [5, 5.41) is 5.80. The van der Waals surface area contributed by atoms with Crippen LogP contribution in [0.5, 0.6) is 0 Å². The van der Waals surface area contributed by atoms with Crippen molar-refractivity contribution in [2.24, 2.45) is 0 Å². The van der Waals surface area contributed by atoms with Crippen molar-refractivity contribution in [2.45, 2.75) is 39.3 Å². The summed E-state index contributed by atoms with van der Waals surface area (Å²) in [5.74, 6) is -0.395. The van der Waals surface area contributed by atoms with Crippen LogP contribution in [-0.2, 0) is 0 Å². The second-order valence-corrected chi connectivity index (χ2v) is 24.3. The van der Waals surface area contributed by atoms with E-state index < -0.39 is 16.1 Å². The van der Waals surface area contributed by atoms with Gasteiger partial charge in [0, 0.05) is 27.4 Å². The van der Waals surface area contributed by atoms with Crippen LogP contribution in [-0.4, -0.2) is 27.7 Å². The highest BCUT2D eigenvalue weighted by Gasteiger charge is 2.33. The molecule has 0 N–H and O–H groups in total. The minimum absolute atomic E-state index is 0.198. The number of hydrogen-bond donors (Lipinski definition) is 0. The maximum absolute atomic E-state index is 13.4. The largest absolute Gasteiger partial charge is 0.302 e. The van der Waals surface area contributed by atoms with E-state index in [1.807, 2.05) is 42.5 Å². The molecule has 0 saturated carbocycles. The number of allylic oxidation sites excluding steroid dienone is 1. The lowest BCUT2D eigenvalue weighted by atomic mass is 10.0. The average molecular weight is 602 g/mol. The molecule has 210 valence electrons. The Balaban J connectivity index is 1.39. The molecule has 0 aliphatic heterocycles. The second kappa shape index (κ2) is 10.5. The van der Waals surface area contributed by atoms with Gasteiger partial charge in [-0.15, -0.1) is 11.3 Å². The van der Waals surface area contributed by atoms with E-state index in [1.54, 1.807) is 17.4 Å². The Morgan fingerprint density at radius 1 is 0.595 bits per heavy atom. The number of nitrogens with zero attached hydrogens (tertiary/aromatic N) is 1. The van der Waals surface area contributed by atoms with Crippen LogP contribution in [0.25, 0.3) is 16.8 Å². The SMILES string of the molecule is C[Si](C)(C)c1ccc(N(c2ccc([Si](C)(C)C)cc2)c2ccc(C=C3C(=O)c4cc5ccccc5cc4C3=O)s2)cc1. The molecule has 6 rings (SSSR count). The molecule has 0 spiro atoms. The first-order valence-electron chi connectivity index (χ1n) is 14.4. The maximum Gasteiger partial charge on any atom is 0.197 e. The van der Waals surface area contributed by atoms with E-state index in [4.69, 9.17) is 0 Å². The summed E-state index contributed by atoms with van der Waals surface area (Å²) in [7, 11) is -2.87. The van der Waals surface area contributed by atoms with E-state index in [-0.39, 0.29) is 17.1 Å². The summed E-state index contributed by atoms with van der Waals surface area (Å²) < 4.78 is 0. The van der Waals surface area contributed by atoms with Gasteiger partial charge in [-0.05, 0) is 65.4 Å². The molecule has 6 heteroatoms. The Morgan fingerprint density at radius 3 is 1.48 bits per heavy atom. The minimum Gasteiger partial charge on any atom is -0.302 e. The molecule has 0 fully saturated rings. The standard InChI is InChI=1S/C36H35NO2SSi2/c1-41(2,3)29-16-11-26(12-17-29)37(27-13-18-30(19-14-27)42(4,5)6)34-20-15-28(40-34)23-33-35(38)31-21-24-9-7-8-10-25(24)22-32(31)36(33)39/h7-23H,1-6H3. The van der Waals surface area contributed by atoms with Crippen LogP contribution in [0.4, 0.5) is 16.4 Å². The van der Waals surface area contributed by atoms with Gasteiger partial charge in [-0.2, -0.15) is 0 Å². The molecule has 5 aromatic rings. The monoisotopic (exact) mass is 601 g/mol. The molecular formula is C36H35NO2SSi2. The molecule has 42 heavy (non-hydrogen) atoms. The Hall–Kier alpha value is -3.85. The third-order valence-electron chi connectivity index (χ3n) is 7.97. The van der Waals surface area contributed by atoms with Gasteiger partial charge in [0.05, 0.1) is 21.7 Å². The zero-order valence-electron chi connectivity index (χ0n) is 25.0. The zero-order valence-corrected chi connectivity index (χ0v) is 27.8. The Morgan fingerprint density at radius 2 is 1.05 bits per heavy atom. The highest BCUT2D eigenvalue weighted by molar-refractivity contribution is 7.17. The van der Waals surface area contributed by atoms with Gasteiger partial charge < -0.3 is 4.90 Å². The first-order chi connectivity index (χ1) is 19.9. The highest BCUT2D eigenvalue weighted by atomic mass is 32.1. The van der Waals surface area contributed by atoms with Crippen molar-refractivity contribution in [1.29, 1.82) is 0 Å². The lowest BCUT2D eigenvalue weighted by Crippen LogP contribution is -2.37. The van der Waals surface area contributed by atoms with Crippen molar-refractivity contribution in [1.82, 2.24) is 0 Å². The van der Waals surface area contributed by atoms with Gasteiger partial charge in [-0.3, -0.25) is 9.59 Å². The van der Waals surface area contributed by atoms with Crippen molar-refractivity contribution in [3.8, 4) is 0 Å². The smallest absolute Gasteiger partial charge is 0.197 e. The summed E-state index contributed by atoms with van der Waals surface area (Å²) >= 11 is 1.59. The normalized spacial score (nSPS) is 13.5. The zero-order chi connectivity index (χ0) is 29.8. The molecule has 4 aromatic carbocycles. The van der Waals surface area contributed by atoms with Crippen LogP contribution in [0.15, 0.2) is 103 Å². The Bertz CT molecular complexity index is 1760. The molecule has 1 aliphatic rings. The van der Waals surface area contributed by atoms with Gasteiger partial charge >= 0.3 is 0 Å². The first-order valence-corrected chi connectivity index (χ1v) is 22.2. The van der Waals surface area contributed by atoms with E-state index in [2.05, 4.69) is 98.8 Å². The lowest BCUT2D eigenvalue weighted by Gasteiger charge is -2.26. The molecule has 1 aromatic heterocycles. The van der Waals surface area contributed by atoms with E-state index in [0.29, 0.717) is 11.1 Å². The maximum atomic E-state index is 13.4. The molecule has 1 heterocycles. The topological polar surface area (TPSA) is 37.4 Å². The molecule has 3 nitrogen and oxygen atoms in total. The predicted octanol–water partition coefficient (Wildman–Crippen LogP) is 8.92. The fourth-order valence-electron chi connectivity index (χ4n) is 5.45. The number of fused-ring (bicyclic) bond motifs is 2. The van der Waals surface area contributed by atoms with Crippen molar-refractivity contribution in [2.75, 3.05) is 4.90 Å². The first kappa shape index (κ1) is 28.3. The van der Waals surface area contributed by atoms with Crippen LogP contribution in [0, 0.1) is 0 Å². The molecular weight excluding hydrogens is 567 g/mol. The summed E-state index contributed by atoms with van der Waals surface area (Å²) in [6.07, 6.45) is 1.77. The predicted molar refractivity (Wildman–Crippen MR) is 186 cm³/mol. The lowest BCUT2D eigenvalue weighted by molar-refractivity contribution is 0.0990. The van der Waals surface area contributed by atoms with Gasteiger partial charge in [0.1, 0.15) is 5.00 Å². The van der Waals surface area contributed by atoms with Crippen molar-refractivity contribution in [3.63, 3.8) is 0 Å². The fraction of sp³-hybridized carbons (Fsp3) is 0.167. The van der Waals surface area contributed by atoms with Crippen molar-refractivity contribution < 1.29 is 9.59 Å². The summed E-state index contributed by atoms with van der Waals surface area (Å²) in [5.41, 5.74) is 3.40. The van der Waals surface area contributed by atoms with Crippen molar-refractivity contribution in [3.05, 3.63) is 119 Å².